The maximum atomic E-state index is 12.4. The van der Waals surface area contributed by atoms with Crippen LogP contribution in [0.15, 0.2) is 17.0 Å². The molecule has 128 valence electrons. The maximum absolute atomic E-state index is 12.4. The third-order valence-electron chi connectivity index (χ3n) is 3.58. The van der Waals surface area contributed by atoms with Crippen molar-refractivity contribution in [3.8, 4) is 5.75 Å². The maximum Gasteiger partial charge on any atom is 0.285 e. The number of ether oxygens (including phenoxy) is 1. The van der Waals surface area contributed by atoms with Gasteiger partial charge in [0.05, 0.1) is 23.0 Å². The van der Waals surface area contributed by atoms with Gasteiger partial charge < -0.3 is 15.4 Å². The SMILES string of the molecule is COc1cc([N+](=O)[O-])c(C(=O)N[C@H]2CCCNC2)cc1SC.Cl. The number of hydrogen-bond donors (Lipinski definition) is 2. The number of halogens is 1. The van der Waals surface area contributed by atoms with Crippen LogP contribution in [0.3, 0.4) is 0 Å². The van der Waals surface area contributed by atoms with Gasteiger partial charge in [-0.1, -0.05) is 0 Å². The summed E-state index contributed by atoms with van der Waals surface area (Å²) in [5.74, 6) is -0.0200. The number of nitro benzene ring substituents is 1. The molecule has 1 saturated heterocycles. The number of nitro groups is 1. The number of carbonyl (C=O) groups excluding carboxylic acids is 1. The van der Waals surface area contributed by atoms with Crippen molar-refractivity contribution >= 4 is 35.8 Å². The topological polar surface area (TPSA) is 93.5 Å². The fourth-order valence-corrected chi connectivity index (χ4v) is 3.02. The normalized spacial score (nSPS) is 17.0. The minimum atomic E-state index is -0.555. The minimum absolute atomic E-state index is 0. The lowest BCUT2D eigenvalue weighted by molar-refractivity contribution is -0.385. The van der Waals surface area contributed by atoms with Gasteiger partial charge in [0.25, 0.3) is 11.6 Å². The second-order valence-electron chi connectivity index (χ2n) is 5.00. The van der Waals surface area contributed by atoms with Crippen LogP contribution in [0.5, 0.6) is 5.75 Å². The first-order chi connectivity index (χ1) is 10.6. The zero-order valence-electron chi connectivity index (χ0n) is 13.0. The summed E-state index contributed by atoms with van der Waals surface area (Å²) < 4.78 is 5.14. The highest BCUT2D eigenvalue weighted by atomic mass is 35.5. The highest BCUT2D eigenvalue weighted by Crippen LogP contribution is 2.34. The van der Waals surface area contributed by atoms with E-state index in [2.05, 4.69) is 10.6 Å². The van der Waals surface area contributed by atoms with Crippen molar-refractivity contribution in [2.24, 2.45) is 0 Å². The zero-order valence-corrected chi connectivity index (χ0v) is 14.6. The van der Waals surface area contributed by atoms with E-state index >= 15 is 0 Å². The molecule has 23 heavy (non-hydrogen) atoms. The summed E-state index contributed by atoms with van der Waals surface area (Å²) in [6.45, 7) is 1.62. The first-order valence-electron chi connectivity index (χ1n) is 6.98. The molecule has 0 spiro atoms. The second kappa shape index (κ2) is 8.95. The van der Waals surface area contributed by atoms with Crippen molar-refractivity contribution in [2.75, 3.05) is 26.5 Å². The number of carbonyl (C=O) groups is 1. The molecule has 0 aliphatic carbocycles. The Kier molecular flexibility index (Phi) is 7.60. The molecule has 0 saturated carbocycles. The fraction of sp³-hybridized carbons (Fsp3) is 0.500. The lowest BCUT2D eigenvalue weighted by Crippen LogP contribution is -2.45. The van der Waals surface area contributed by atoms with E-state index in [1.807, 2.05) is 6.26 Å². The van der Waals surface area contributed by atoms with Gasteiger partial charge in [-0.15, -0.1) is 24.2 Å². The predicted octanol–water partition coefficient (Wildman–Crippen LogP) is 2.23. The van der Waals surface area contributed by atoms with Crippen molar-refractivity contribution in [1.29, 1.82) is 0 Å². The molecule has 7 nitrogen and oxygen atoms in total. The van der Waals surface area contributed by atoms with Crippen molar-refractivity contribution in [2.45, 2.75) is 23.8 Å². The average molecular weight is 362 g/mol. The van der Waals surface area contributed by atoms with Crippen LogP contribution in [0.25, 0.3) is 0 Å². The van der Waals surface area contributed by atoms with E-state index in [0.29, 0.717) is 17.2 Å². The van der Waals surface area contributed by atoms with E-state index in [1.165, 1.54) is 31.0 Å². The van der Waals surface area contributed by atoms with Crippen LogP contribution in [-0.4, -0.2) is 43.3 Å². The predicted molar refractivity (Wildman–Crippen MR) is 92.0 cm³/mol. The highest BCUT2D eigenvalue weighted by Gasteiger charge is 2.25. The number of amides is 1. The summed E-state index contributed by atoms with van der Waals surface area (Å²) >= 11 is 1.38. The van der Waals surface area contributed by atoms with Crippen molar-refractivity contribution < 1.29 is 14.5 Å². The quantitative estimate of drug-likeness (QED) is 0.474. The Labute approximate surface area is 145 Å². The molecular formula is C14H20ClN3O4S. The Morgan fingerprint density at radius 2 is 2.26 bits per heavy atom. The Hall–Kier alpha value is -1.51. The molecule has 0 bridgehead atoms. The molecular weight excluding hydrogens is 342 g/mol. The lowest BCUT2D eigenvalue weighted by Gasteiger charge is -2.23. The van der Waals surface area contributed by atoms with Crippen LogP contribution in [-0.2, 0) is 0 Å². The Balaban J connectivity index is 0.00000264. The molecule has 1 fully saturated rings. The smallest absolute Gasteiger partial charge is 0.285 e. The summed E-state index contributed by atoms with van der Waals surface area (Å²) in [4.78, 5) is 23.8. The van der Waals surface area contributed by atoms with Gasteiger partial charge in [0.15, 0.2) is 0 Å². The summed E-state index contributed by atoms with van der Waals surface area (Å²) in [5.41, 5.74) is -0.170. The number of methoxy groups -OCH3 is 1. The number of nitrogens with zero attached hydrogens (tertiary/aromatic N) is 1. The van der Waals surface area contributed by atoms with Gasteiger partial charge in [-0.25, -0.2) is 0 Å². The van der Waals surface area contributed by atoms with Gasteiger partial charge in [0, 0.05) is 12.6 Å². The lowest BCUT2D eigenvalue weighted by atomic mass is 10.1. The van der Waals surface area contributed by atoms with Crippen LogP contribution in [0.1, 0.15) is 23.2 Å². The number of nitrogens with one attached hydrogen (secondary N) is 2. The van der Waals surface area contributed by atoms with E-state index in [4.69, 9.17) is 4.74 Å². The molecule has 0 aromatic heterocycles. The van der Waals surface area contributed by atoms with Crippen LogP contribution < -0.4 is 15.4 Å². The number of rotatable bonds is 5. The van der Waals surface area contributed by atoms with Crippen molar-refractivity contribution in [3.63, 3.8) is 0 Å². The molecule has 1 heterocycles. The van der Waals surface area contributed by atoms with Gasteiger partial charge in [-0.3, -0.25) is 14.9 Å². The summed E-state index contributed by atoms with van der Waals surface area (Å²) in [6.07, 6.45) is 3.68. The van der Waals surface area contributed by atoms with Crippen LogP contribution >= 0.6 is 24.2 Å². The van der Waals surface area contributed by atoms with E-state index in [-0.39, 0.29) is 29.7 Å². The van der Waals surface area contributed by atoms with Crippen LogP contribution in [0.2, 0.25) is 0 Å². The molecule has 1 aliphatic heterocycles. The first-order valence-corrected chi connectivity index (χ1v) is 8.21. The summed E-state index contributed by atoms with van der Waals surface area (Å²) in [7, 11) is 1.45. The van der Waals surface area contributed by atoms with E-state index < -0.39 is 10.8 Å². The Morgan fingerprint density at radius 3 is 2.78 bits per heavy atom. The second-order valence-corrected chi connectivity index (χ2v) is 5.85. The van der Waals surface area contributed by atoms with E-state index in [9.17, 15) is 14.9 Å². The fourth-order valence-electron chi connectivity index (χ4n) is 2.44. The van der Waals surface area contributed by atoms with Crippen molar-refractivity contribution in [3.05, 3.63) is 27.8 Å². The van der Waals surface area contributed by atoms with Gasteiger partial charge >= 0.3 is 0 Å². The monoisotopic (exact) mass is 361 g/mol. The molecule has 2 rings (SSSR count). The molecule has 0 radical (unpaired) electrons. The average Bonchev–Trinajstić information content (AvgIpc) is 2.54. The van der Waals surface area contributed by atoms with Crippen LogP contribution in [0.4, 0.5) is 5.69 Å². The Bertz CT molecular complexity index is 579. The largest absolute Gasteiger partial charge is 0.495 e. The molecule has 2 N–H and O–H groups in total. The summed E-state index contributed by atoms with van der Waals surface area (Å²) in [6, 6.07) is 2.83. The Morgan fingerprint density at radius 1 is 1.52 bits per heavy atom. The molecule has 1 aromatic carbocycles. The third kappa shape index (κ3) is 4.73. The zero-order chi connectivity index (χ0) is 16.1. The number of benzene rings is 1. The number of piperidine rings is 1. The number of thioether (sulfide) groups is 1. The molecule has 9 heteroatoms. The minimum Gasteiger partial charge on any atom is -0.495 e. The third-order valence-corrected chi connectivity index (χ3v) is 4.33. The molecule has 1 atom stereocenters. The standard InChI is InChI=1S/C14H19N3O4S.ClH/c1-21-12-7-11(17(19)20)10(6-13(12)22-2)14(18)16-9-4-3-5-15-8-9;/h6-7,9,15H,3-5,8H2,1-2H3,(H,16,18);1H/t9-;/m0./s1. The van der Waals surface area contributed by atoms with E-state index in [0.717, 1.165) is 19.4 Å². The van der Waals surface area contributed by atoms with Crippen LogP contribution in [0, 0.1) is 10.1 Å². The molecule has 1 aromatic rings. The molecule has 1 amide bonds. The van der Waals surface area contributed by atoms with Crippen molar-refractivity contribution in [1.82, 2.24) is 10.6 Å². The highest BCUT2D eigenvalue weighted by molar-refractivity contribution is 7.98. The molecule has 1 aliphatic rings. The first kappa shape index (κ1) is 19.5. The van der Waals surface area contributed by atoms with Gasteiger partial charge in [-0.2, -0.15) is 0 Å². The van der Waals surface area contributed by atoms with Gasteiger partial charge in [0.2, 0.25) is 0 Å². The molecule has 0 unspecified atom stereocenters. The van der Waals surface area contributed by atoms with Gasteiger partial charge in [-0.05, 0) is 31.7 Å². The van der Waals surface area contributed by atoms with Gasteiger partial charge in [0.1, 0.15) is 11.3 Å². The number of hydrogen-bond acceptors (Lipinski definition) is 6. The van der Waals surface area contributed by atoms with E-state index in [1.54, 1.807) is 0 Å². The summed E-state index contributed by atoms with van der Waals surface area (Å²) in [5, 5.41) is 17.3.